The van der Waals surface area contributed by atoms with E-state index in [4.69, 9.17) is 12.5 Å². The molecule has 0 fully saturated rings. The van der Waals surface area contributed by atoms with Gasteiger partial charge < -0.3 is 0 Å². The standard InChI is InChI=1S/C24H25FIN4O4/c1-32-23-15(25)6-5-7-16(23)28-22-20-17-12-19(30-24(20)31)26-34-11-4-2-3-10-33-18-13-27-9-8-14(18)21(22)29-17/h5-9,13,19,28-29H,2-4,10-12H2,1H3,(H,30,31)/q-1. The van der Waals surface area contributed by atoms with Gasteiger partial charge in [0.15, 0.2) is 0 Å². The molecule has 2 aliphatic heterocycles. The normalized spacial score (nSPS) is 18.4. The molecule has 2 aromatic heterocycles. The summed E-state index contributed by atoms with van der Waals surface area (Å²) in [4.78, 5) is 21.0. The Bertz CT molecular complexity index is 1200. The Kier molecular flexibility index (Phi) is 6.86. The van der Waals surface area contributed by atoms with E-state index >= 15 is 0 Å². The van der Waals surface area contributed by atoms with Gasteiger partial charge in [-0.05, 0) is 0 Å². The van der Waals surface area contributed by atoms with Crippen LogP contribution in [0.2, 0.25) is 0 Å². The van der Waals surface area contributed by atoms with E-state index in [1.807, 2.05) is 6.07 Å². The van der Waals surface area contributed by atoms with Gasteiger partial charge in [0.05, 0.1) is 0 Å². The first-order valence-corrected chi connectivity index (χ1v) is 13.3. The summed E-state index contributed by atoms with van der Waals surface area (Å²) in [6.07, 6.45) is 6.86. The average Bonchev–Trinajstić information content (AvgIpc) is 3.19. The van der Waals surface area contributed by atoms with Gasteiger partial charge in [-0.1, -0.05) is 0 Å². The zero-order valence-corrected chi connectivity index (χ0v) is 20.8. The van der Waals surface area contributed by atoms with Crippen LogP contribution in [-0.2, 0) is 9.49 Å². The molecule has 0 radical (unpaired) electrons. The van der Waals surface area contributed by atoms with Crippen molar-refractivity contribution in [1.82, 2.24) is 15.3 Å². The quantitative estimate of drug-likeness (QED) is 0.245. The number of halogens is 2. The molecule has 8 nitrogen and oxygen atoms in total. The number of aromatic nitrogens is 2. The predicted octanol–water partition coefficient (Wildman–Crippen LogP) is 1.16. The van der Waals surface area contributed by atoms with Gasteiger partial charge in [-0.3, -0.25) is 0 Å². The number of rotatable bonds is 3. The topological polar surface area (TPSA) is 97.5 Å². The second kappa shape index (κ2) is 10.2. The van der Waals surface area contributed by atoms with Crippen LogP contribution in [0.4, 0.5) is 15.8 Å². The minimum atomic E-state index is -0.659. The van der Waals surface area contributed by atoms with Crippen LogP contribution in [0.1, 0.15) is 35.3 Å². The molecule has 0 aliphatic carbocycles. The van der Waals surface area contributed by atoms with E-state index in [1.54, 1.807) is 24.5 Å². The fourth-order valence-corrected chi connectivity index (χ4v) is 6.20. The summed E-state index contributed by atoms with van der Waals surface area (Å²) in [5, 5.41) is 6.37. The third-order valence-electron chi connectivity index (χ3n) is 5.75. The number of carbonyl (C=O) groups is 1. The number of hydrogen-bond donors (Lipinski definition) is 3. The Morgan fingerprint density at radius 1 is 1.24 bits per heavy atom. The molecule has 1 unspecified atom stereocenters. The number of alkyl halides is 1. The van der Waals surface area contributed by atoms with Crippen molar-refractivity contribution in [2.45, 2.75) is 29.7 Å². The minimum absolute atomic E-state index is 0.0276. The first-order chi connectivity index (χ1) is 16.7. The van der Waals surface area contributed by atoms with Crippen LogP contribution >= 0.6 is 0 Å². The number of carbonyl (C=O) groups excluding carboxylic acids is 1. The summed E-state index contributed by atoms with van der Waals surface area (Å²) >= 11 is -0.659. The van der Waals surface area contributed by atoms with E-state index < -0.39 is 27.4 Å². The molecule has 3 aromatic rings. The molecule has 4 heterocycles. The van der Waals surface area contributed by atoms with Gasteiger partial charge in [0.1, 0.15) is 0 Å². The van der Waals surface area contributed by atoms with Crippen LogP contribution in [0, 0.1) is 5.82 Å². The number of nitrogens with zero attached hydrogens (tertiary/aromatic N) is 1. The summed E-state index contributed by atoms with van der Waals surface area (Å²) in [5.41, 5.74) is 3.71. The SMILES string of the molecule is COc1c(F)cccc1Nc1c2[nH]c3c1C(=O)NC(C3)[I-]OCCCCCOc1cnccc1-2. The van der Waals surface area contributed by atoms with Gasteiger partial charge in [-0.15, -0.1) is 0 Å². The fourth-order valence-electron chi connectivity index (χ4n) is 4.17. The molecule has 3 bridgehead atoms. The molecule has 0 spiro atoms. The molecule has 0 saturated carbocycles. The predicted molar refractivity (Wildman–Crippen MR) is 121 cm³/mol. The van der Waals surface area contributed by atoms with Crippen molar-refractivity contribution >= 4 is 17.3 Å². The Hall–Kier alpha value is -2.86. The van der Waals surface area contributed by atoms with Crippen LogP contribution in [-0.4, -0.2) is 40.2 Å². The van der Waals surface area contributed by atoms with Crippen molar-refractivity contribution in [3.63, 3.8) is 0 Å². The maximum atomic E-state index is 14.4. The van der Waals surface area contributed by atoms with Gasteiger partial charge in [-0.25, -0.2) is 0 Å². The van der Waals surface area contributed by atoms with Gasteiger partial charge >= 0.3 is 208 Å². The average molecular weight is 579 g/mol. The number of aromatic amines is 1. The molecular weight excluding hydrogens is 554 g/mol. The van der Waals surface area contributed by atoms with Crippen molar-refractivity contribution < 1.29 is 43.3 Å². The molecule has 3 N–H and O–H groups in total. The fraction of sp³-hybridized carbons (Fsp3) is 0.333. The third kappa shape index (κ3) is 4.56. The van der Waals surface area contributed by atoms with Gasteiger partial charge in [0.2, 0.25) is 0 Å². The number of nitrogens with one attached hydrogen (secondary N) is 3. The maximum absolute atomic E-state index is 14.4. The summed E-state index contributed by atoms with van der Waals surface area (Å²) in [7, 11) is 1.41. The van der Waals surface area contributed by atoms with E-state index in [-0.39, 0.29) is 15.7 Å². The number of ether oxygens (including phenoxy) is 2. The van der Waals surface area contributed by atoms with Crippen LogP contribution in [0.5, 0.6) is 11.5 Å². The zero-order valence-electron chi connectivity index (χ0n) is 18.6. The van der Waals surface area contributed by atoms with Crippen LogP contribution in [0.25, 0.3) is 11.3 Å². The first-order valence-electron chi connectivity index (χ1n) is 11.1. The Labute approximate surface area is 207 Å². The summed E-state index contributed by atoms with van der Waals surface area (Å²) < 4.78 is 31.7. The number of anilines is 2. The molecule has 1 amide bonds. The summed E-state index contributed by atoms with van der Waals surface area (Å²) in [5.74, 6) is 0.00163. The number of H-pyrrole nitrogens is 1. The Morgan fingerprint density at radius 2 is 2.12 bits per heavy atom. The van der Waals surface area contributed by atoms with E-state index in [0.29, 0.717) is 48.0 Å². The number of para-hydroxylation sites is 1. The number of benzene rings is 1. The number of amides is 1. The molecule has 2 aliphatic rings. The van der Waals surface area contributed by atoms with E-state index in [0.717, 1.165) is 30.5 Å². The Balaban J connectivity index is 1.65. The van der Waals surface area contributed by atoms with Crippen molar-refractivity contribution in [3.05, 3.63) is 53.7 Å². The van der Waals surface area contributed by atoms with Gasteiger partial charge in [0.25, 0.3) is 0 Å². The van der Waals surface area contributed by atoms with E-state index in [2.05, 4.69) is 20.6 Å². The molecule has 10 heteroatoms. The van der Waals surface area contributed by atoms with Crippen molar-refractivity contribution in [2.24, 2.45) is 0 Å². The molecule has 5 rings (SSSR count). The van der Waals surface area contributed by atoms with E-state index in [9.17, 15) is 9.18 Å². The zero-order chi connectivity index (χ0) is 23.5. The van der Waals surface area contributed by atoms with Crippen LogP contribution in [0.3, 0.4) is 0 Å². The molecule has 34 heavy (non-hydrogen) atoms. The van der Waals surface area contributed by atoms with Crippen molar-refractivity contribution in [3.8, 4) is 22.8 Å². The number of fused-ring (bicyclic) bond motifs is 4. The molecule has 1 atom stereocenters. The second-order valence-corrected chi connectivity index (χ2v) is 10.6. The van der Waals surface area contributed by atoms with Gasteiger partial charge in [-0.2, -0.15) is 0 Å². The van der Waals surface area contributed by atoms with Crippen molar-refractivity contribution in [2.75, 3.05) is 25.6 Å². The number of pyridine rings is 1. The molecular formula is C24H25FIN4O4-. The Morgan fingerprint density at radius 3 is 3.00 bits per heavy atom. The summed E-state index contributed by atoms with van der Waals surface area (Å²) in [6.45, 7) is 1.24. The van der Waals surface area contributed by atoms with Crippen LogP contribution in [0.15, 0.2) is 36.7 Å². The van der Waals surface area contributed by atoms with E-state index in [1.165, 1.54) is 13.2 Å². The van der Waals surface area contributed by atoms with Gasteiger partial charge in [0, 0.05) is 0 Å². The number of hydrogen-bond acceptors (Lipinski definition) is 6. The van der Waals surface area contributed by atoms with Crippen molar-refractivity contribution in [1.29, 1.82) is 0 Å². The molecule has 1 aromatic carbocycles. The number of methoxy groups -OCH3 is 1. The second-order valence-electron chi connectivity index (χ2n) is 8.00. The molecule has 180 valence electrons. The summed E-state index contributed by atoms with van der Waals surface area (Å²) in [6, 6.07) is 6.49. The monoisotopic (exact) mass is 579 g/mol. The first kappa shape index (κ1) is 22.9. The third-order valence-corrected chi connectivity index (χ3v) is 7.92. The van der Waals surface area contributed by atoms with Crippen LogP contribution < -0.4 is 41.7 Å². The molecule has 0 saturated heterocycles.